The molecule has 1 amide bonds. The minimum atomic E-state index is -0.462. The van der Waals surface area contributed by atoms with E-state index in [1.807, 2.05) is 49.4 Å². The molecule has 0 spiro atoms. The van der Waals surface area contributed by atoms with Crippen molar-refractivity contribution in [1.82, 2.24) is 14.3 Å². The Bertz CT molecular complexity index is 1150. The molecule has 2 saturated heterocycles. The van der Waals surface area contributed by atoms with Gasteiger partial charge >= 0.3 is 6.09 Å². The van der Waals surface area contributed by atoms with Crippen LogP contribution in [0.2, 0.25) is 0 Å². The number of hydrogen-bond acceptors (Lipinski definition) is 8. The van der Waals surface area contributed by atoms with Gasteiger partial charge in [-0.15, -0.1) is 11.3 Å². The van der Waals surface area contributed by atoms with Crippen LogP contribution < -0.4 is 9.57 Å². The molecular weight excluding hydrogens is 588 g/mol. The predicted molar refractivity (Wildman–Crippen MR) is 147 cm³/mol. The number of ether oxygens (including phenoxy) is 1. The summed E-state index contributed by atoms with van der Waals surface area (Å²) >= 11 is 5.91. The van der Waals surface area contributed by atoms with Crippen molar-refractivity contribution < 1.29 is 9.53 Å². The van der Waals surface area contributed by atoms with Crippen LogP contribution in [-0.4, -0.2) is 51.1 Å². The molecule has 2 aliphatic heterocycles. The number of amides is 1. The van der Waals surface area contributed by atoms with E-state index in [4.69, 9.17) is 9.11 Å². The highest BCUT2D eigenvalue weighted by atomic mass is 127. The van der Waals surface area contributed by atoms with E-state index in [0.29, 0.717) is 18.5 Å². The van der Waals surface area contributed by atoms with Crippen molar-refractivity contribution in [2.24, 2.45) is 0 Å². The summed E-state index contributed by atoms with van der Waals surface area (Å²) in [5.74, 6) is 0. The maximum Gasteiger partial charge on any atom is 0.410 e. The Balaban J connectivity index is 1.36. The molecular formula is C22H27IN5O2PS2. The number of nitrogens with zero attached hydrogens (tertiary/aromatic N) is 5. The van der Waals surface area contributed by atoms with Crippen LogP contribution in [0.4, 0.5) is 14.8 Å². The zero-order chi connectivity index (χ0) is 23.3. The van der Waals surface area contributed by atoms with Crippen molar-refractivity contribution >= 4 is 77.6 Å². The van der Waals surface area contributed by atoms with Crippen molar-refractivity contribution in [2.75, 3.05) is 22.7 Å². The highest BCUT2D eigenvalue weighted by molar-refractivity contribution is 14.2. The van der Waals surface area contributed by atoms with Crippen LogP contribution in [-0.2, 0) is 11.3 Å². The minimum absolute atomic E-state index is 0.195. The standard InChI is InChI=1S/C22H27IN5O2PS2/c1-13-17-18(20(33-25-17)27(31-23)10-14-5-7-24-8-6-14)32-19(13)28-15-9-16(28)12-26(11-15)21(29)30-22(2,3)4/h5-8,15-16,31H,9-12H2,1-4H3. The number of halogens is 1. The molecule has 3 aromatic rings. The smallest absolute Gasteiger partial charge is 0.410 e. The van der Waals surface area contributed by atoms with E-state index in [1.54, 1.807) is 11.5 Å². The summed E-state index contributed by atoms with van der Waals surface area (Å²) in [6, 6.07) is 4.85. The summed E-state index contributed by atoms with van der Waals surface area (Å²) in [7, 11) is 0. The van der Waals surface area contributed by atoms with Crippen molar-refractivity contribution in [3.8, 4) is 0 Å². The van der Waals surface area contributed by atoms with Gasteiger partial charge in [0.1, 0.15) is 16.1 Å². The highest BCUT2D eigenvalue weighted by Gasteiger charge is 2.48. The summed E-state index contributed by atoms with van der Waals surface area (Å²) in [4.78, 5) is 21.1. The van der Waals surface area contributed by atoms with Crippen LogP contribution in [0.15, 0.2) is 24.5 Å². The van der Waals surface area contributed by atoms with E-state index < -0.39 is 5.60 Å². The molecule has 33 heavy (non-hydrogen) atoms. The Kier molecular flexibility index (Phi) is 6.48. The first kappa shape index (κ1) is 23.5. The molecule has 3 atom stereocenters. The molecule has 2 fully saturated rings. The van der Waals surface area contributed by atoms with Crippen LogP contribution >= 0.6 is 51.3 Å². The summed E-state index contributed by atoms with van der Waals surface area (Å²) in [6.07, 6.45) is 5.26. The van der Waals surface area contributed by atoms with Gasteiger partial charge in [0.15, 0.2) is 0 Å². The zero-order valence-electron chi connectivity index (χ0n) is 19.0. The lowest BCUT2D eigenvalue weighted by Gasteiger charge is -2.57. The van der Waals surface area contributed by atoms with Gasteiger partial charge < -0.3 is 19.2 Å². The number of anilines is 2. The molecule has 5 rings (SSSR count). The second kappa shape index (κ2) is 9.09. The third-order valence-corrected chi connectivity index (χ3v) is 10.8. The molecule has 0 radical (unpaired) electrons. The molecule has 0 aromatic carbocycles. The largest absolute Gasteiger partial charge is 0.444 e. The Morgan fingerprint density at radius 1 is 1.30 bits per heavy atom. The molecule has 2 bridgehead atoms. The van der Waals surface area contributed by atoms with E-state index in [0.717, 1.165) is 31.6 Å². The number of piperidine rings is 1. The van der Waals surface area contributed by atoms with E-state index in [1.165, 1.54) is 25.8 Å². The topological polar surface area (TPSA) is 61.8 Å². The van der Waals surface area contributed by atoms with Crippen molar-refractivity contribution in [1.29, 1.82) is 0 Å². The number of thiophene rings is 1. The second-order valence-electron chi connectivity index (χ2n) is 9.56. The van der Waals surface area contributed by atoms with E-state index >= 15 is 0 Å². The third-order valence-electron chi connectivity index (χ3n) is 6.02. The van der Waals surface area contributed by atoms with E-state index in [2.05, 4.69) is 55.7 Å². The maximum atomic E-state index is 12.6. The number of pyridine rings is 1. The monoisotopic (exact) mass is 615 g/mol. The lowest BCUT2D eigenvalue weighted by atomic mass is 9.87. The molecule has 0 aliphatic carbocycles. The van der Waals surface area contributed by atoms with E-state index in [9.17, 15) is 4.79 Å². The Morgan fingerprint density at radius 3 is 2.64 bits per heavy atom. The fraction of sp³-hybridized carbons (Fsp3) is 0.500. The SMILES string of the molecule is Cc1c(N2C3CC2CN(C(=O)OC(C)(C)C)C3)sc2c(N(Cc3ccncc3)PI)snc12. The molecule has 3 unspecified atom stereocenters. The predicted octanol–water partition coefficient (Wildman–Crippen LogP) is 6.21. The Morgan fingerprint density at radius 2 is 2.00 bits per heavy atom. The lowest BCUT2D eigenvalue weighted by molar-refractivity contribution is 0.00867. The first-order valence-corrected chi connectivity index (χ1v) is 16.6. The quantitative estimate of drug-likeness (QED) is 0.252. The summed E-state index contributed by atoms with van der Waals surface area (Å²) in [5, 5.41) is 2.56. The van der Waals surface area contributed by atoms with Gasteiger partial charge in [-0.2, -0.15) is 4.37 Å². The molecule has 176 valence electrons. The summed E-state index contributed by atoms with van der Waals surface area (Å²) in [5.41, 5.74) is 3.18. The van der Waals surface area contributed by atoms with Gasteiger partial charge in [-0.25, -0.2) is 4.79 Å². The second-order valence-corrected chi connectivity index (χ2v) is 13.5. The lowest BCUT2D eigenvalue weighted by Crippen LogP contribution is -2.70. The van der Waals surface area contributed by atoms with E-state index in [-0.39, 0.29) is 6.09 Å². The Hall–Kier alpha value is -1.23. The van der Waals surface area contributed by atoms with Gasteiger partial charge in [-0.05, 0) is 85.4 Å². The molecule has 5 heterocycles. The van der Waals surface area contributed by atoms with Gasteiger partial charge in [0.2, 0.25) is 0 Å². The first-order chi connectivity index (χ1) is 15.7. The Labute approximate surface area is 217 Å². The number of aryl methyl sites for hydroxylation is 1. The van der Waals surface area contributed by atoms with Gasteiger partial charge in [0, 0.05) is 56.0 Å². The molecule has 3 aromatic heterocycles. The molecule has 2 aliphatic rings. The average molecular weight is 616 g/mol. The van der Waals surface area contributed by atoms with Crippen LogP contribution in [0.5, 0.6) is 0 Å². The maximum absolute atomic E-state index is 12.6. The van der Waals surface area contributed by atoms with Gasteiger partial charge in [0.05, 0.1) is 9.70 Å². The van der Waals surface area contributed by atoms with Crippen molar-refractivity contribution in [2.45, 2.75) is 58.3 Å². The number of aromatic nitrogens is 2. The number of carbonyl (C=O) groups is 1. The zero-order valence-corrected chi connectivity index (χ0v) is 23.8. The minimum Gasteiger partial charge on any atom is -0.444 e. The molecule has 0 N–H and O–H groups in total. The fourth-order valence-electron chi connectivity index (χ4n) is 4.52. The number of hydrogen-bond donors (Lipinski definition) is 0. The van der Waals surface area contributed by atoms with Crippen LogP contribution in [0.1, 0.15) is 38.3 Å². The highest BCUT2D eigenvalue weighted by Crippen LogP contribution is 2.51. The average Bonchev–Trinajstić information content (AvgIpc) is 3.32. The van der Waals surface area contributed by atoms with Crippen molar-refractivity contribution in [3.63, 3.8) is 0 Å². The van der Waals surface area contributed by atoms with Crippen molar-refractivity contribution in [3.05, 3.63) is 35.7 Å². The van der Waals surface area contributed by atoms with Crippen LogP contribution in [0.25, 0.3) is 10.2 Å². The summed E-state index contributed by atoms with van der Waals surface area (Å²) < 4.78 is 14.1. The normalized spacial score (nSPS) is 20.5. The number of carbonyl (C=O) groups excluding carboxylic acids is 1. The van der Waals surface area contributed by atoms with Gasteiger partial charge in [-0.1, -0.05) is 0 Å². The number of rotatable bonds is 5. The summed E-state index contributed by atoms with van der Waals surface area (Å²) in [6.45, 7) is 10.2. The molecule has 0 saturated carbocycles. The number of likely N-dealkylation sites (tertiary alicyclic amines) is 1. The number of piperazine rings is 1. The van der Waals surface area contributed by atoms with Crippen LogP contribution in [0.3, 0.4) is 0 Å². The fourth-order valence-corrected chi connectivity index (χ4v) is 9.40. The van der Waals surface area contributed by atoms with Gasteiger partial charge in [0.25, 0.3) is 0 Å². The molecule has 11 heteroatoms. The first-order valence-electron chi connectivity index (χ1n) is 10.9. The number of fused-ring (bicyclic) bond motifs is 3. The van der Waals surface area contributed by atoms with Gasteiger partial charge in [-0.3, -0.25) is 4.98 Å². The third kappa shape index (κ3) is 4.56. The van der Waals surface area contributed by atoms with Crippen LogP contribution in [0, 0.1) is 6.92 Å². The molecule has 7 nitrogen and oxygen atoms in total.